The highest BCUT2D eigenvalue weighted by Gasteiger charge is 2.44. The molecule has 0 radical (unpaired) electrons. The largest absolute Gasteiger partial charge is 0.469 e. The van der Waals surface area contributed by atoms with Gasteiger partial charge in [0.25, 0.3) is 0 Å². The maximum Gasteiger partial charge on any atom is 0.311 e. The lowest BCUT2D eigenvalue weighted by Crippen LogP contribution is -2.49. The van der Waals surface area contributed by atoms with E-state index in [1.807, 2.05) is 5.38 Å². The summed E-state index contributed by atoms with van der Waals surface area (Å²) in [5.74, 6) is -0.293. The first-order valence-corrected chi connectivity index (χ1v) is 12.4. The van der Waals surface area contributed by atoms with Gasteiger partial charge in [-0.1, -0.05) is 34.6 Å². The Morgan fingerprint density at radius 3 is 2.40 bits per heavy atom. The van der Waals surface area contributed by atoms with Crippen molar-refractivity contribution >= 4 is 25.6 Å². The summed E-state index contributed by atoms with van der Waals surface area (Å²) in [6, 6.07) is 0. The molecule has 1 atom stereocenters. The SMILES string of the molecule is COC(=O)Cc1csc(C(C)(C)C(CCO)O[Si](C)(C)C(C)(C)C)n1. The minimum absolute atomic E-state index is 0.0725. The van der Waals surface area contributed by atoms with E-state index in [9.17, 15) is 9.90 Å². The zero-order chi connectivity index (χ0) is 19.5. The predicted octanol–water partition coefficient (Wildman–Crippen LogP) is 3.91. The number of carbonyl (C=O) groups excluding carboxylic acids is 1. The molecule has 0 aliphatic heterocycles. The van der Waals surface area contributed by atoms with Gasteiger partial charge in [0.1, 0.15) is 5.01 Å². The highest BCUT2D eigenvalue weighted by Crippen LogP contribution is 2.41. The standard InChI is InChI=1S/C18H33NO4SSi/c1-17(2,3)25(7,8)23-14(9-10-20)18(4,5)16-19-13(12-24-16)11-15(21)22-6/h12,14,20H,9-11H2,1-8H3. The summed E-state index contributed by atoms with van der Waals surface area (Å²) in [4.78, 5) is 16.1. The molecule has 0 saturated carbocycles. The average Bonchev–Trinajstić information content (AvgIpc) is 2.94. The number of carbonyl (C=O) groups is 1. The van der Waals surface area contributed by atoms with E-state index in [1.54, 1.807) is 0 Å². The fourth-order valence-corrected chi connectivity index (χ4v) is 4.72. The van der Waals surface area contributed by atoms with Gasteiger partial charge in [-0.2, -0.15) is 0 Å². The minimum Gasteiger partial charge on any atom is -0.469 e. The fraction of sp³-hybridized carbons (Fsp3) is 0.778. The van der Waals surface area contributed by atoms with E-state index in [4.69, 9.17) is 9.16 Å². The van der Waals surface area contributed by atoms with E-state index in [2.05, 4.69) is 52.7 Å². The first-order valence-electron chi connectivity index (χ1n) is 8.65. The van der Waals surface area contributed by atoms with Crippen molar-refractivity contribution in [1.82, 2.24) is 4.98 Å². The number of hydrogen-bond acceptors (Lipinski definition) is 6. The molecule has 1 heterocycles. The van der Waals surface area contributed by atoms with Crippen molar-refractivity contribution in [2.75, 3.05) is 13.7 Å². The predicted molar refractivity (Wildman–Crippen MR) is 105 cm³/mol. The van der Waals surface area contributed by atoms with Crippen LogP contribution in [0.2, 0.25) is 18.1 Å². The van der Waals surface area contributed by atoms with Crippen LogP contribution < -0.4 is 0 Å². The van der Waals surface area contributed by atoms with Gasteiger partial charge in [0, 0.05) is 17.4 Å². The number of thiazole rings is 1. The quantitative estimate of drug-likeness (QED) is 0.541. The van der Waals surface area contributed by atoms with Crippen molar-refractivity contribution in [3.63, 3.8) is 0 Å². The van der Waals surface area contributed by atoms with E-state index in [0.717, 1.165) is 10.7 Å². The van der Waals surface area contributed by atoms with Gasteiger partial charge in [-0.05, 0) is 24.6 Å². The molecule has 25 heavy (non-hydrogen) atoms. The van der Waals surface area contributed by atoms with Crippen LogP contribution in [-0.2, 0) is 25.8 Å². The molecule has 144 valence electrons. The van der Waals surface area contributed by atoms with E-state index >= 15 is 0 Å². The van der Waals surface area contributed by atoms with Gasteiger partial charge in [0.15, 0.2) is 8.32 Å². The second-order valence-corrected chi connectivity index (χ2v) is 14.1. The number of aromatic nitrogens is 1. The number of aliphatic hydroxyl groups is 1. The molecule has 0 spiro atoms. The van der Waals surface area contributed by atoms with Gasteiger partial charge < -0.3 is 14.3 Å². The molecule has 0 bridgehead atoms. The summed E-state index contributed by atoms with van der Waals surface area (Å²) >= 11 is 1.53. The molecule has 0 aliphatic carbocycles. The molecule has 0 saturated heterocycles. The number of ether oxygens (including phenoxy) is 1. The van der Waals surface area contributed by atoms with Gasteiger partial charge in [-0.25, -0.2) is 4.98 Å². The van der Waals surface area contributed by atoms with Crippen molar-refractivity contribution in [3.8, 4) is 0 Å². The molecule has 0 amide bonds. The highest BCUT2D eigenvalue weighted by atomic mass is 32.1. The minimum atomic E-state index is -1.98. The van der Waals surface area contributed by atoms with Crippen LogP contribution >= 0.6 is 11.3 Å². The first kappa shape index (κ1) is 22.3. The molecule has 1 aromatic heterocycles. The molecule has 1 rings (SSSR count). The second-order valence-electron chi connectivity index (χ2n) is 8.50. The topological polar surface area (TPSA) is 68.7 Å². The lowest BCUT2D eigenvalue weighted by Gasteiger charge is -2.43. The lowest BCUT2D eigenvalue weighted by atomic mass is 9.85. The molecule has 1 unspecified atom stereocenters. The lowest BCUT2D eigenvalue weighted by molar-refractivity contribution is -0.139. The molecule has 1 aromatic rings. The summed E-state index contributed by atoms with van der Waals surface area (Å²) in [6.07, 6.45) is 0.609. The summed E-state index contributed by atoms with van der Waals surface area (Å²) in [7, 11) is -0.603. The van der Waals surface area contributed by atoms with Crippen molar-refractivity contribution < 1.29 is 19.1 Å². The molecule has 0 fully saturated rings. The Kier molecular flexibility index (Phi) is 7.38. The smallest absolute Gasteiger partial charge is 0.311 e. The van der Waals surface area contributed by atoms with Crippen LogP contribution in [0.25, 0.3) is 0 Å². The molecule has 5 nitrogen and oxygen atoms in total. The number of aliphatic hydroxyl groups excluding tert-OH is 1. The van der Waals surface area contributed by atoms with E-state index in [1.165, 1.54) is 18.4 Å². The Bertz CT molecular complexity index is 578. The van der Waals surface area contributed by atoms with E-state index in [-0.39, 0.29) is 35.6 Å². The number of nitrogens with zero attached hydrogens (tertiary/aromatic N) is 1. The maximum atomic E-state index is 11.5. The molecule has 0 aromatic carbocycles. The van der Waals surface area contributed by atoms with Crippen LogP contribution in [0, 0.1) is 0 Å². The Morgan fingerprint density at radius 1 is 1.32 bits per heavy atom. The second kappa shape index (κ2) is 8.29. The van der Waals surface area contributed by atoms with Crippen LogP contribution in [0.5, 0.6) is 0 Å². The molecular formula is C18H33NO4SSi. The van der Waals surface area contributed by atoms with Crippen LogP contribution in [0.3, 0.4) is 0 Å². The van der Waals surface area contributed by atoms with E-state index < -0.39 is 8.32 Å². The van der Waals surface area contributed by atoms with Crippen molar-refractivity contribution in [1.29, 1.82) is 0 Å². The molecule has 0 aliphatic rings. The van der Waals surface area contributed by atoms with Gasteiger partial charge in [-0.15, -0.1) is 11.3 Å². The number of methoxy groups -OCH3 is 1. The first-order chi connectivity index (χ1) is 11.3. The summed E-state index contributed by atoms with van der Waals surface area (Å²) in [5, 5.41) is 12.5. The zero-order valence-electron chi connectivity index (χ0n) is 16.8. The molecule has 1 N–H and O–H groups in total. The zero-order valence-corrected chi connectivity index (χ0v) is 18.6. The van der Waals surface area contributed by atoms with Crippen molar-refractivity contribution in [2.24, 2.45) is 0 Å². The third kappa shape index (κ3) is 5.61. The van der Waals surface area contributed by atoms with Crippen LogP contribution in [-0.4, -0.2) is 44.2 Å². The molecule has 7 heteroatoms. The van der Waals surface area contributed by atoms with Crippen LogP contribution in [0.15, 0.2) is 5.38 Å². The number of hydrogen-bond donors (Lipinski definition) is 1. The fourth-order valence-electron chi connectivity index (χ4n) is 2.26. The Labute approximate surface area is 156 Å². The summed E-state index contributed by atoms with van der Waals surface area (Å²) < 4.78 is 11.3. The van der Waals surface area contributed by atoms with Gasteiger partial charge in [0.05, 0.1) is 25.3 Å². The average molecular weight is 388 g/mol. The third-order valence-electron chi connectivity index (χ3n) is 5.10. The maximum absolute atomic E-state index is 11.5. The normalized spacial score (nSPS) is 14.4. The van der Waals surface area contributed by atoms with Crippen molar-refractivity contribution in [3.05, 3.63) is 16.1 Å². The third-order valence-corrected chi connectivity index (χ3v) is 10.8. The van der Waals surface area contributed by atoms with Gasteiger partial charge >= 0.3 is 5.97 Å². The van der Waals surface area contributed by atoms with Gasteiger partial charge in [0.2, 0.25) is 0 Å². The summed E-state index contributed by atoms with van der Waals surface area (Å²) in [5.41, 5.74) is 0.368. The Balaban J connectivity index is 3.07. The number of esters is 1. The Morgan fingerprint density at radius 2 is 1.92 bits per heavy atom. The molecular weight excluding hydrogens is 354 g/mol. The van der Waals surface area contributed by atoms with Crippen LogP contribution in [0.4, 0.5) is 0 Å². The summed E-state index contributed by atoms with van der Waals surface area (Å²) in [6.45, 7) is 15.3. The highest BCUT2D eigenvalue weighted by molar-refractivity contribution is 7.09. The van der Waals surface area contributed by atoms with Crippen LogP contribution in [0.1, 0.15) is 51.7 Å². The Hall–Kier alpha value is -0.763. The number of rotatable bonds is 8. The van der Waals surface area contributed by atoms with E-state index in [0.29, 0.717) is 6.42 Å². The van der Waals surface area contributed by atoms with Gasteiger partial charge in [-0.3, -0.25) is 4.79 Å². The monoisotopic (exact) mass is 387 g/mol. The van der Waals surface area contributed by atoms with Crippen molar-refractivity contribution in [2.45, 2.75) is 77.1 Å².